The first-order chi connectivity index (χ1) is 10.4. The number of aromatic nitrogens is 2. The van der Waals surface area contributed by atoms with Gasteiger partial charge in [0.1, 0.15) is 5.82 Å². The highest BCUT2D eigenvalue weighted by Gasteiger charge is 2.09. The van der Waals surface area contributed by atoms with Crippen LogP contribution in [0.25, 0.3) is 6.08 Å². The number of aryl methyl sites for hydroxylation is 1. The van der Waals surface area contributed by atoms with E-state index in [4.69, 9.17) is 5.11 Å². The normalized spacial score (nSPS) is 10.6. The number of benzene rings is 1. The Balaban J connectivity index is 2.10. The molecule has 2 aromatic rings. The topological polar surface area (TPSA) is 96.2 Å². The Kier molecular flexibility index (Phi) is 4.52. The number of carbonyl (C=O) groups is 2. The molecule has 1 aromatic heterocycles. The third kappa shape index (κ3) is 4.17. The zero-order valence-corrected chi connectivity index (χ0v) is 11.6. The minimum atomic E-state index is -1.35. The van der Waals surface area contributed by atoms with Crippen molar-refractivity contribution >= 4 is 29.5 Å². The van der Waals surface area contributed by atoms with Crippen molar-refractivity contribution in [3.63, 3.8) is 0 Å². The molecular formula is C14H13FN4O3. The van der Waals surface area contributed by atoms with Crippen molar-refractivity contribution in [1.82, 2.24) is 9.78 Å². The minimum Gasteiger partial charge on any atom is -0.465 e. The van der Waals surface area contributed by atoms with Crippen molar-refractivity contribution in [3.05, 3.63) is 48.0 Å². The fourth-order valence-electron chi connectivity index (χ4n) is 1.72. The van der Waals surface area contributed by atoms with Gasteiger partial charge in [0.15, 0.2) is 0 Å². The van der Waals surface area contributed by atoms with Gasteiger partial charge in [-0.15, -0.1) is 0 Å². The summed E-state index contributed by atoms with van der Waals surface area (Å²) in [6.07, 6.45) is 4.77. The molecule has 0 unspecified atom stereocenters. The lowest BCUT2D eigenvalue weighted by Crippen LogP contribution is -2.13. The van der Waals surface area contributed by atoms with Gasteiger partial charge in [0.25, 0.3) is 0 Å². The van der Waals surface area contributed by atoms with Crippen LogP contribution in [0.5, 0.6) is 0 Å². The maximum atomic E-state index is 13.1. The van der Waals surface area contributed by atoms with Crippen LogP contribution in [0.15, 0.2) is 36.7 Å². The Labute approximate surface area is 125 Å². The SMILES string of the molecule is Cn1cc(C=CC(=O)Nc2ccc(F)cc2NC(=O)O)cn1. The predicted molar refractivity (Wildman–Crippen MR) is 78.9 cm³/mol. The summed E-state index contributed by atoms with van der Waals surface area (Å²) in [5.41, 5.74) is 0.848. The van der Waals surface area contributed by atoms with Crippen LogP contribution < -0.4 is 10.6 Å². The van der Waals surface area contributed by atoms with E-state index in [0.29, 0.717) is 0 Å². The van der Waals surface area contributed by atoms with Gasteiger partial charge in [-0.05, 0) is 24.3 Å². The van der Waals surface area contributed by atoms with Crippen LogP contribution in [0.3, 0.4) is 0 Å². The van der Waals surface area contributed by atoms with Gasteiger partial charge in [-0.25, -0.2) is 9.18 Å². The zero-order chi connectivity index (χ0) is 16.1. The number of anilines is 2. The number of hydrogen-bond acceptors (Lipinski definition) is 3. The van der Waals surface area contributed by atoms with Crippen molar-refractivity contribution in [2.75, 3.05) is 10.6 Å². The molecule has 3 N–H and O–H groups in total. The van der Waals surface area contributed by atoms with Crippen LogP contribution in [0, 0.1) is 5.82 Å². The van der Waals surface area contributed by atoms with E-state index in [-0.39, 0.29) is 11.4 Å². The molecule has 0 saturated heterocycles. The Bertz CT molecular complexity index is 739. The molecule has 0 atom stereocenters. The van der Waals surface area contributed by atoms with Crippen LogP contribution in [0.1, 0.15) is 5.56 Å². The van der Waals surface area contributed by atoms with Gasteiger partial charge in [-0.1, -0.05) is 0 Å². The first-order valence-corrected chi connectivity index (χ1v) is 6.21. The molecule has 0 aliphatic carbocycles. The lowest BCUT2D eigenvalue weighted by molar-refractivity contribution is -0.111. The van der Waals surface area contributed by atoms with E-state index in [1.807, 2.05) is 5.32 Å². The average molecular weight is 304 g/mol. The first kappa shape index (κ1) is 15.2. The number of nitrogens with one attached hydrogen (secondary N) is 2. The Morgan fingerprint density at radius 2 is 2.09 bits per heavy atom. The number of rotatable bonds is 4. The summed E-state index contributed by atoms with van der Waals surface area (Å²) in [5, 5.41) is 17.1. The molecule has 0 saturated carbocycles. The van der Waals surface area contributed by atoms with Gasteiger partial charge in [0.05, 0.1) is 17.6 Å². The molecule has 7 nitrogen and oxygen atoms in total. The van der Waals surface area contributed by atoms with Gasteiger partial charge >= 0.3 is 6.09 Å². The van der Waals surface area contributed by atoms with Crippen LogP contribution >= 0.6 is 0 Å². The van der Waals surface area contributed by atoms with Crippen LogP contribution in [-0.4, -0.2) is 26.9 Å². The van der Waals surface area contributed by atoms with E-state index in [1.54, 1.807) is 30.2 Å². The highest BCUT2D eigenvalue weighted by molar-refractivity contribution is 6.04. The molecular weight excluding hydrogens is 291 g/mol. The van der Waals surface area contributed by atoms with E-state index in [2.05, 4.69) is 10.4 Å². The lowest BCUT2D eigenvalue weighted by atomic mass is 10.2. The molecule has 0 aliphatic heterocycles. The highest BCUT2D eigenvalue weighted by Crippen LogP contribution is 2.22. The van der Waals surface area contributed by atoms with E-state index in [1.165, 1.54) is 12.1 Å². The second kappa shape index (κ2) is 6.53. The third-order valence-corrected chi connectivity index (χ3v) is 2.63. The molecule has 0 radical (unpaired) electrons. The first-order valence-electron chi connectivity index (χ1n) is 6.21. The summed E-state index contributed by atoms with van der Waals surface area (Å²) in [5.74, 6) is -1.10. The van der Waals surface area contributed by atoms with Crippen molar-refractivity contribution < 1.29 is 19.1 Å². The quantitative estimate of drug-likeness (QED) is 0.755. The maximum Gasteiger partial charge on any atom is 0.409 e. The van der Waals surface area contributed by atoms with Gasteiger partial charge in [0.2, 0.25) is 5.91 Å². The Hall–Kier alpha value is -3.16. The molecule has 1 aromatic carbocycles. The summed E-state index contributed by atoms with van der Waals surface area (Å²) in [7, 11) is 1.75. The van der Waals surface area contributed by atoms with Crippen LogP contribution in [0.2, 0.25) is 0 Å². The number of nitrogens with zero attached hydrogens (tertiary/aromatic N) is 2. The second-order valence-corrected chi connectivity index (χ2v) is 4.39. The van der Waals surface area contributed by atoms with Gasteiger partial charge in [-0.2, -0.15) is 5.10 Å². The van der Waals surface area contributed by atoms with Crippen molar-refractivity contribution in [3.8, 4) is 0 Å². The summed E-state index contributed by atoms with van der Waals surface area (Å²) in [4.78, 5) is 22.5. The highest BCUT2D eigenvalue weighted by atomic mass is 19.1. The van der Waals surface area contributed by atoms with Gasteiger partial charge in [-0.3, -0.25) is 14.8 Å². The summed E-state index contributed by atoms with van der Waals surface area (Å²) in [6, 6.07) is 3.37. The number of hydrogen-bond donors (Lipinski definition) is 3. The van der Waals surface area contributed by atoms with Crippen molar-refractivity contribution in [2.45, 2.75) is 0 Å². The summed E-state index contributed by atoms with van der Waals surface area (Å²) in [6.45, 7) is 0. The molecule has 0 bridgehead atoms. The van der Waals surface area contributed by atoms with Crippen molar-refractivity contribution in [2.24, 2.45) is 7.05 Å². The fraction of sp³-hybridized carbons (Fsp3) is 0.0714. The fourth-order valence-corrected chi connectivity index (χ4v) is 1.72. The van der Waals surface area contributed by atoms with E-state index in [9.17, 15) is 14.0 Å². The van der Waals surface area contributed by atoms with E-state index >= 15 is 0 Å². The average Bonchev–Trinajstić information content (AvgIpc) is 2.85. The third-order valence-electron chi connectivity index (χ3n) is 2.63. The molecule has 114 valence electrons. The smallest absolute Gasteiger partial charge is 0.409 e. The van der Waals surface area contributed by atoms with Crippen molar-refractivity contribution in [1.29, 1.82) is 0 Å². The largest absolute Gasteiger partial charge is 0.465 e. The maximum absolute atomic E-state index is 13.1. The number of carboxylic acid groups (broad SMARTS) is 1. The van der Waals surface area contributed by atoms with Crippen LogP contribution in [-0.2, 0) is 11.8 Å². The second-order valence-electron chi connectivity index (χ2n) is 4.39. The Morgan fingerprint density at radius 1 is 1.32 bits per heavy atom. The standard InChI is InChI=1S/C14H13FN4O3/c1-19-8-9(7-16-19)2-5-13(20)17-11-4-3-10(15)6-12(11)18-14(21)22/h2-8,18H,1H3,(H,17,20)(H,21,22). The minimum absolute atomic E-state index is 0.0457. The van der Waals surface area contributed by atoms with Gasteiger partial charge in [0, 0.05) is 24.9 Å². The molecule has 1 heterocycles. The lowest BCUT2D eigenvalue weighted by Gasteiger charge is -2.09. The van der Waals surface area contributed by atoms with Crippen LogP contribution in [0.4, 0.5) is 20.6 Å². The monoisotopic (exact) mass is 304 g/mol. The zero-order valence-electron chi connectivity index (χ0n) is 11.6. The van der Waals surface area contributed by atoms with Gasteiger partial charge < -0.3 is 10.4 Å². The molecule has 2 rings (SSSR count). The predicted octanol–water partition coefficient (Wildman–Crippen LogP) is 2.30. The molecule has 22 heavy (non-hydrogen) atoms. The molecule has 8 heteroatoms. The molecule has 0 spiro atoms. The van der Waals surface area contributed by atoms with E-state index < -0.39 is 17.8 Å². The molecule has 2 amide bonds. The molecule has 0 fully saturated rings. The number of amides is 2. The summed E-state index contributed by atoms with van der Waals surface area (Å²) < 4.78 is 14.7. The number of halogens is 1. The number of carbonyl (C=O) groups excluding carboxylic acids is 1. The Morgan fingerprint density at radius 3 is 2.73 bits per heavy atom. The summed E-state index contributed by atoms with van der Waals surface area (Å²) >= 11 is 0. The molecule has 0 aliphatic rings. The van der Waals surface area contributed by atoms with E-state index in [0.717, 1.165) is 17.7 Å².